The van der Waals surface area contributed by atoms with Crippen LogP contribution in [0, 0.1) is 0 Å². The van der Waals surface area contributed by atoms with E-state index in [2.05, 4.69) is 0 Å². The summed E-state index contributed by atoms with van der Waals surface area (Å²) in [5.41, 5.74) is 0. The first-order valence-corrected chi connectivity index (χ1v) is 12.1. The topological polar surface area (TPSA) is 74.6 Å². The van der Waals surface area contributed by atoms with Gasteiger partial charge in [-0.1, -0.05) is 39.3 Å². The zero-order valence-electron chi connectivity index (χ0n) is 10.7. The average Bonchev–Trinajstić information content (AvgIpc) is 1.92. The highest BCUT2D eigenvalue weighted by Gasteiger charge is 2.37. The van der Waals surface area contributed by atoms with Crippen molar-refractivity contribution in [3.05, 3.63) is 10.4 Å². The SMILES string of the molecule is C[Si](C)(C)C(C(=O)O)=C(C(=O)O)[Si](C)(C)C. The molecule has 2 N–H and O–H groups in total. The lowest BCUT2D eigenvalue weighted by molar-refractivity contribution is -0.135. The van der Waals surface area contributed by atoms with Gasteiger partial charge in [0.05, 0.1) is 16.1 Å². The number of carbonyl (C=O) groups is 2. The van der Waals surface area contributed by atoms with Crippen LogP contribution in [0.2, 0.25) is 39.3 Å². The van der Waals surface area contributed by atoms with Gasteiger partial charge in [0.15, 0.2) is 0 Å². The second kappa shape index (κ2) is 4.54. The van der Waals surface area contributed by atoms with Gasteiger partial charge in [-0.05, 0) is 0 Å². The Morgan fingerprint density at radius 1 is 0.688 bits per heavy atom. The zero-order valence-corrected chi connectivity index (χ0v) is 12.7. The third-order valence-corrected chi connectivity index (χ3v) is 6.36. The Bertz CT molecular complexity index is 311. The molecular formula is C10H20O4Si2. The van der Waals surface area contributed by atoms with E-state index in [-0.39, 0.29) is 10.4 Å². The molecule has 0 aliphatic rings. The molecule has 16 heavy (non-hydrogen) atoms. The Labute approximate surface area is 98.0 Å². The van der Waals surface area contributed by atoms with Crippen molar-refractivity contribution in [3.8, 4) is 0 Å². The van der Waals surface area contributed by atoms with Crippen molar-refractivity contribution in [2.75, 3.05) is 0 Å². The third kappa shape index (κ3) is 3.60. The third-order valence-electron chi connectivity index (χ3n) is 2.18. The van der Waals surface area contributed by atoms with Crippen LogP contribution in [0.4, 0.5) is 0 Å². The van der Waals surface area contributed by atoms with E-state index in [1.165, 1.54) is 0 Å². The summed E-state index contributed by atoms with van der Waals surface area (Å²) in [5, 5.41) is 18.8. The van der Waals surface area contributed by atoms with Gasteiger partial charge >= 0.3 is 11.9 Å². The lowest BCUT2D eigenvalue weighted by atomic mass is 10.5. The van der Waals surface area contributed by atoms with E-state index in [0.717, 1.165) is 0 Å². The van der Waals surface area contributed by atoms with Crippen molar-refractivity contribution >= 4 is 28.1 Å². The molecule has 0 aliphatic carbocycles. The van der Waals surface area contributed by atoms with Gasteiger partial charge in [0.25, 0.3) is 0 Å². The molecule has 0 rings (SSSR count). The molecule has 0 radical (unpaired) electrons. The Kier molecular flexibility index (Phi) is 4.29. The van der Waals surface area contributed by atoms with Crippen molar-refractivity contribution in [2.24, 2.45) is 0 Å². The van der Waals surface area contributed by atoms with E-state index >= 15 is 0 Å². The maximum atomic E-state index is 11.3. The first-order valence-electron chi connectivity index (χ1n) is 5.11. The van der Waals surface area contributed by atoms with Crippen molar-refractivity contribution in [1.29, 1.82) is 0 Å². The molecule has 0 spiro atoms. The van der Waals surface area contributed by atoms with Crippen LogP contribution < -0.4 is 0 Å². The summed E-state index contributed by atoms with van der Waals surface area (Å²) < 4.78 is 0. The highest BCUT2D eigenvalue weighted by molar-refractivity contribution is 6.94. The second-order valence-electron chi connectivity index (χ2n) is 5.86. The van der Waals surface area contributed by atoms with E-state index in [9.17, 15) is 19.8 Å². The van der Waals surface area contributed by atoms with Crippen molar-refractivity contribution < 1.29 is 19.8 Å². The molecule has 92 valence electrons. The van der Waals surface area contributed by atoms with Crippen LogP contribution in [0.25, 0.3) is 0 Å². The molecule has 6 heteroatoms. The Hall–Kier alpha value is -0.886. The number of hydrogen-bond acceptors (Lipinski definition) is 2. The summed E-state index contributed by atoms with van der Waals surface area (Å²) in [7, 11) is -4.30. The summed E-state index contributed by atoms with van der Waals surface area (Å²) in [5.74, 6) is -2.14. The van der Waals surface area contributed by atoms with E-state index in [4.69, 9.17) is 0 Å². The standard InChI is InChI=1S/C10H20O4Si2/c1-15(2,3)7(9(11)12)8(10(13)14)16(4,5)6/h1-6H3,(H,11,12)(H,13,14). The van der Waals surface area contributed by atoms with Gasteiger partial charge in [-0.25, -0.2) is 9.59 Å². The van der Waals surface area contributed by atoms with Crippen LogP contribution in [-0.4, -0.2) is 38.3 Å². The van der Waals surface area contributed by atoms with Crippen LogP contribution in [0.1, 0.15) is 0 Å². The summed E-state index contributed by atoms with van der Waals surface area (Å²) in [6, 6.07) is 0. The minimum Gasteiger partial charge on any atom is -0.478 e. The van der Waals surface area contributed by atoms with Gasteiger partial charge in [-0.3, -0.25) is 0 Å². The lowest BCUT2D eigenvalue weighted by Crippen LogP contribution is -2.40. The Balaban J connectivity index is 6.09. The van der Waals surface area contributed by atoms with E-state index < -0.39 is 28.1 Å². The minimum atomic E-state index is -2.15. The van der Waals surface area contributed by atoms with E-state index in [1.54, 1.807) is 0 Å². The van der Waals surface area contributed by atoms with Gasteiger partial charge in [0, 0.05) is 10.4 Å². The van der Waals surface area contributed by atoms with Crippen LogP contribution in [0.15, 0.2) is 10.4 Å². The fourth-order valence-electron chi connectivity index (χ4n) is 1.61. The van der Waals surface area contributed by atoms with E-state index in [0.29, 0.717) is 0 Å². The number of rotatable bonds is 4. The molecular weight excluding hydrogens is 240 g/mol. The predicted octanol–water partition coefficient (Wildman–Crippen LogP) is 2.21. The zero-order chi connectivity index (χ0) is 13.3. The summed E-state index contributed by atoms with van der Waals surface area (Å²) in [6.45, 7) is 11.2. The summed E-state index contributed by atoms with van der Waals surface area (Å²) in [6.07, 6.45) is 0. The minimum absolute atomic E-state index is 0.166. The summed E-state index contributed by atoms with van der Waals surface area (Å²) in [4.78, 5) is 22.5. The number of hydrogen-bond donors (Lipinski definition) is 2. The van der Waals surface area contributed by atoms with Crippen LogP contribution in [0.3, 0.4) is 0 Å². The number of carboxylic acids is 2. The van der Waals surface area contributed by atoms with Crippen LogP contribution in [0.5, 0.6) is 0 Å². The number of aliphatic carboxylic acids is 2. The smallest absolute Gasteiger partial charge is 0.327 e. The van der Waals surface area contributed by atoms with Crippen LogP contribution in [-0.2, 0) is 9.59 Å². The van der Waals surface area contributed by atoms with E-state index in [1.807, 2.05) is 39.3 Å². The first-order chi connectivity index (χ1) is 6.89. The van der Waals surface area contributed by atoms with Gasteiger partial charge in [-0.2, -0.15) is 0 Å². The quantitative estimate of drug-likeness (QED) is 0.600. The van der Waals surface area contributed by atoms with Crippen molar-refractivity contribution in [3.63, 3.8) is 0 Å². The fraction of sp³-hybridized carbons (Fsp3) is 0.600. The van der Waals surface area contributed by atoms with Gasteiger partial charge in [0.2, 0.25) is 0 Å². The maximum absolute atomic E-state index is 11.3. The number of carboxylic acid groups (broad SMARTS) is 2. The van der Waals surface area contributed by atoms with Crippen molar-refractivity contribution in [2.45, 2.75) is 39.3 Å². The molecule has 0 heterocycles. The molecule has 0 bridgehead atoms. The Morgan fingerprint density at radius 2 is 0.875 bits per heavy atom. The molecule has 0 aliphatic heterocycles. The van der Waals surface area contributed by atoms with Gasteiger partial charge < -0.3 is 10.2 Å². The normalized spacial score (nSPS) is 14.4. The fourth-order valence-corrected chi connectivity index (χ4v) is 6.85. The molecule has 0 unspecified atom stereocenters. The molecule has 0 fully saturated rings. The molecule has 0 saturated heterocycles. The van der Waals surface area contributed by atoms with Gasteiger partial charge in [-0.15, -0.1) is 0 Å². The monoisotopic (exact) mass is 260 g/mol. The Morgan fingerprint density at radius 3 is 0.938 bits per heavy atom. The molecule has 0 amide bonds. The largest absolute Gasteiger partial charge is 0.478 e. The summed E-state index contributed by atoms with van der Waals surface area (Å²) >= 11 is 0. The lowest BCUT2D eigenvalue weighted by Gasteiger charge is -2.26. The first kappa shape index (κ1) is 15.1. The highest BCUT2D eigenvalue weighted by atomic mass is 28.3. The molecule has 0 atom stereocenters. The molecule has 0 saturated carbocycles. The molecule has 4 nitrogen and oxygen atoms in total. The highest BCUT2D eigenvalue weighted by Crippen LogP contribution is 2.26. The predicted molar refractivity (Wildman–Crippen MR) is 69.0 cm³/mol. The molecule has 0 aromatic rings. The average molecular weight is 260 g/mol. The molecule has 0 aromatic carbocycles. The molecule has 0 aromatic heterocycles. The van der Waals surface area contributed by atoms with Crippen LogP contribution >= 0.6 is 0 Å². The maximum Gasteiger partial charge on any atom is 0.327 e. The second-order valence-corrected chi connectivity index (χ2v) is 15.9. The van der Waals surface area contributed by atoms with Crippen molar-refractivity contribution in [1.82, 2.24) is 0 Å². The van der Waals surface area contributed by atoms with Gasteiger partial charge in [0.1, 0.15) is 0 Å².